The Morgan fingerprint density at radius 2 is 2.08 bits per heavy atom. The number of pyridine rings is 1. The molecule has 0 aliphatic rings. The molecule has 0 saturated carbocycles. The summed E-state index contributed by atoms with van der Waals surface area (Å²) in [7, 11) is 2.00. The summed E-state index contributed by atoms with van der Waals surface area (Å²) in [5.41, 5.74) is 3.91. The number of carbonyl (C=O) groups is 1. The molecular weight excluding hydrogens is 326 g/mol. The molecule has 0 unspecified atom stereocenters. The number of carbonyl (C=O) groups excluding carboxylic acids is 1. The van der Waals surface area contributed by atoms with Crippen molar-refractivity contribution in [1.82, 2.24) is 14.9 Å². The van der Waals surface area contributed by atoms with Crippen LogP contribution in [0.4, 0.5) is 0 Å². The van der Waals surface area contributed by atoms with E-state index in [4.69, 9.17) is 4.42 Å². The lowest BCUT2D eigenvalue weighted by Crippen LogP contribution is -2.24. The molecule has 130 valence electrons. The first kappa shape index (κ1) is 16.1. The molecule has 3 aromatic heterocycles. The highest BCUT2D eigenvalue weighted by Crippen LogP contribution is 2.21. The third-order valence-electron chi connectivity index (χ3n) is 4.42. The number of nitrogens with zero attached hydrogens (tertiary/aromatic N) is 2. The van der Waals surface area contributed by atoms with Crippen LogP contribution in [-0.2, 0) is 24.8 Å². The van der Waals surface area contributed by atoms with Gasteiger partial charge >= 0.3 is 0 Å². The van der Waals surface area contributed by atoms with Crippen molar-refractivity contribution in [2.24, 2.45) is 7.05 Å². The summed E-state index contributed by atoms with van der Waals surface area (Å²) in [5.74, 6) is 0.714. The second-order valence-corrected chi connectivity index (χ2v) is 6.26. The molecule has 0 fully saturated rings. The van der Waals surface area contributed by atoms with Gasteiger partial charge in [-0.25, -0.2) is 0 Å². The fourth-order valence-corrected chi connectivity index (χ4v) is 3.15. The average molecular weight is 345 g/mol. The van der Waals surface area contributed by atoms with Crippen LogP contribution in [0.15, 0.2) is 71.6 Å². The van der Waals surface area contributed by atoms with Gasteiger partial charge in [0, 0.05) is 36.9 Å². The van der Waals surface area contributed by atoms with Gasteiger partial charge < -0.3 is 14.3 Å². The molecule has 1 amide bonds. The molecule has 1 N–H and O–H groups in total. The topological polar surface area (TPSA) is 60.1 Å². The molecule has 0 atom stereocenters. The Bertz CT molecular complexity index is 1050. The molecule has 0 bridgehead atoms. The van der Waals surface area contributed by atoms with Crippen molar-refractivity contribution in [3.63, 3.8) is 0 Å². The number of rotatable bonds is 5. The third kappa shape index (κ3) is 3.24. The van der Waals surface area contributed by atoms with Gasteiger partial charge in [0.1, 0.15) is 5.69 Å². The minimum atomic E-state index is -0.00212. The molecule has 0 aliphatic carbocycles. The van der Waals surface area contributed by atoms with E-state index in [1.54, 1.807) is 12.5 Å². The van der Waals surface area contributed by atoms with Gasteiger partial charge in [-0.15, -0.1) is 0 Å². The molecule has 3 heterocycles. The van der Waals surface area contributed by atoms with Gasteiger partial charge in [-0.3, -0.25) is 9.78 Å². The van der Waals surface area contributed by atoms with Crippen LogP contribution in [-0.4, -0.2) is 15.5 Å². The van der Waals surface area contributed by atoms with Crippen LogP contribution in [0.2, 0.25) is 0 Å². The summed E-state index contributed by atoms with van der Waals surface area (Å²) in [4.78, 5) is 16.7. The molecule has 0 aliphatic heterocycles. The minimum absolute atomic E-state index is 0.00212. The molecule has 5 heteroatoms. The number of benzene rings is 1. The number of para-hydroxylation sites is 1. The van der Waals surface area contributed by atoms with E-state index in [0.717, 1.165) is 27.7 Å². The summed E-state index contributed by atoms with van der Waals surface area (Å²) in [6, 6.07) is 15.6. The maximum atomic E-state index is 12.4. The second kappa shape index (κ2) is 6.88. The van der Waals surface area contributed by atoms with Crippen LogP contribution in [0.3, 0.4) is 0 Å². The fourth-order valence-electron chi connectivity index (χ4n) is 3.15. The monoisotopic (exact) mass is 345 g/mol. The lowest BCUT2D eigenvalue weighted by atomic mass is 10.1. The predicted octanol–water partition coefficient (Wildman–Crippen LogP) is 3.69. The first-order chi connectivity index (χ1) is 12.7. The zero-order chi connectivity index (χ0) is 17.9. The second-order valence-electron chi connectivity index (χ2n) is 6.26. The van der Waals surface area contributed by atoms with Crippen molar-refractivity contribution in [2.75, 3.05) is 0 Å². The van der Waals surface area contributed by atoms with Gasteiger partial charge in [-0.1, -0.05) is 18.2 Å². The molecule has 5 nitrogen and oxygen atoms in total. The molecule has 4 aromatic rings. The van der Waals surface area contributed by atoms with Crippen LogP contribution in [0, 0.1) is 0 Å². The summed E-state index contributed by atoms with van der Waals surface area (Å²) >= 11 is 0. The molecule has 1 aromatic carbocycles. The van der Waals surface area contributed by atoms with Gasteiger partial charge in [-0.05, 0) is 41.5 Å². The molecule has 0 saturated heterocycles. The molecule has 0 radical (unpaired) electrons. The Hall–Kier alpha value is -3.34. The van der Waals surface area contributed by atoms with Crippen molar-refractivity contribution >= 4 is 16.8 Å². The molecule has 4 rings (SSSR count). The van der Waals surface area contributed by atoms with Gasteiger partial charge in [0.15, 0.2) is 5.76 Å². The highest BCUT2D eigenvalue weighted by atomic mass is 16.3. The van der Waals surface area contributed by atoms with E-state index < -0.39 is 0 Å². The Labute approximate surface area is 151 Å². The first-order valence-corrected chi connectivity index (χ1v) is 8.49. The zero-order valence-electron chi connectivity index (χ0n) is 14.5. The highest BCUT2D eigenvalue weighted by Gasteiger charge is 2.10. The van der Waals surface area contributed by atoms with E-state index in [-0.39, 0.29) is 5.91 Å². The standard InChI is InChI=1S/C21H19N3O2/c1-24-14-16(17-5-2-3-6-19(17)24)12-21(25)23-13-15-8-9-22-18(11-15)20-7-4-10-26-20/h2-11,14H,12-13H2,1H3,(H,23,25). The average Bonchev–Trinajstić information content (AvgIpc) is 3.30. The lowest BCUT2D eigenvalue weighted by molar-refractivity contribution is -0.120. The number of hydrogen-bond donors (Lipinski definition) is 1. The van der Waals surface area contributed by atoms with Crippen molar-refractivity contribution in [1.29, 1.82) is 0 Å². The molecular formula is C21H19N3O2. The Morgan fingerprint density at radius 1 is 1.19 bits per heavy atom. The van der Waals surface area contributed by atoms with Crippen LogP contribution in [0.5, 0.6) is 0 Å². The smallest absolute Gasteiger partial charge is 0.224 e. The number of nitrogens with one attached hydrogen (secondary N) is 1. The van der Waals surface area contributed by atoms with Crippen molar-refractivity contribution in [3.8, 4) is 11.5 Å². The summed E-state index contributed by atoms with van der Waals surface area (Å²) in [6.07, 6.45) is 5.73. The first-order valence-electron chi connectivity index (χ1n) is 8.49. The van der Waals surface area contributed by atoms with Crippen molar-refractivity contribution < 1.29 is 9.21 Å². The third-order valence-corrected chi connectivity index (χ3v) is 4.42. The van der Waals surface area contributed by atoms with E-state index in [0.29, 0.717) is 18.7 Å². The Kier molecular flexibility index (Phi) is 4.27. The number of hydrogen-bond acceptors (Lipinski definition) is 3. The van der Waals surface area contributed by atoms with Crippen molar-refractivity contribution in [3.05, 3.63) is 78.3 Å². The SMILES string of the molecule is Cn1cc(CC(=O)NCc2ccnc(-c3ccco3)c2)c2ccccc21. The van der Waals surface area contributed by atoms with Crippen LogP contribution < -0.4 is 5.32 Å². The number of aryl methyl sites for hydroxylation is 1. The number of furan rings is 1. The van der Waals surface area contributed by atoms with E-state index in [1.165, 1.54) is 0 Å². The predicted molar refractivity (Wildman–Crippen MR) is 100 cm³/mol. The summed E-state index contributed by atoms with van der Waals surface area (Å²) in [5, 5.41) is 4.11. The normalized spacial score (nSPS) is 11.0. The number of aromatic nitrogens is 2. The van der Waals surface area contributed by atoms with Gasteiger partial charge in [0.25, 0.3) is 0 Å². The van der Waals surface area contributed by atoms with E-state index in [2.05, 4.69) is 27.0 Å². The van der Waals surface area contributed by atoms with Gasteiger partial charge in [-0.2, -0.15) is 0 Å². The quantitative estimate of drug-likeness (QED) is 0.600. The fraction of sp³-hybridized carbons (Fsp3) is 0.143. The van der Waals surface area contributed by atoms with E-state index in [9.17, 15) is 4.79 Å². The van der Waals surface area contributed by atoms with Gasteiger partial charge in [0.05, 0.1) is 12.7 Å². The van der Waals surface area contributed by atoms with E-state index >= 15 is 0 Å². The number of amides is 1. The molecule has 0 spiro atoms. The minimum Gasteiger partial charge on any atom is -0.463 e. The maximum Gasteiger partial charge on any atom is 0.224 e. The summed E-state index contributed by atoms with van der Waals surface area (Å²) < 4.78 is 7.42. The van der Waals surface area contributed by atoms with E-state index in [1.807, 2.05) is 49.6 Å². The zero-order valence-corrected chi connectivity index (χ0v) is 14.5. The van der Waals surface area contributed by atoms with Crippen molar-refractivity contribution in [2.45, 2.75) is 13.0 Å². The van der Waals surface area contributed by atoms with Crippen LogP contribution in [0.1, 0.15) is 11.1 Å². The lowest BCUT2D eigenvalue weighted by Gasteiger charge is -2.06. The maximum absolute atomic E-state index is 12.4. The summed E-state index contributed by atoms with van der Waals surface area (Å²) in [6.45, 7) is 0.458. The molecule has 26 heavy (non-hydrogen) atoms. The van der Waals surface area contributed by atoms with Gasteiger partial charge in [0.2, 0.25) is 5.91 Å². The number of fused-ring (bicyclic) bond motifs is 1. The van der Waals surface area contributed by atoms with Crippen LogP contribution >= 0.6 is 0 Å². The largest absolute Gasteiger partial charge is 0.463 e. The van der Waals surface area contributed by atoms with Crippen LogP contribution in [0.25, 0.3) is 22.4 Å². The Morgan fingerprint density at radius 3 is 2.92 bits per heavy atom. The highest BCUT2D eigenvalue weighted by molar-refractivity contribution is 5.89. The Balaban J connectivity index is 1.43.